The van der Waals surface area contributed by atoms with Crippen molar-refractivity contribution in [3.05, 3.63) is 30.1 Å². The van der Waals surface area contributed by atoms with Crippen LogP contribution in [-0.4, -0.2) is 13.9 Å². The molecule has 0 saturated carbocycles. The Morgan fingerprint density at radius 3 is 2.06 bits per heavy atom. The van der Waals surface area contributed by atoms with Gasteiger partial charge in [-0.3, -0.25) is 4.98 Å². The molecule has 0 aromatic carbocycles. The fourth-order valence-electron chi connectivity index (χ4n) is 2.34. The van der Waals surface area contributed by atoms with E-state index in [1.165, 1.54) is 0 Å². The van der Waals surface area contributed by atoms with Crippen LogP contribution >= 0.6 is 0 Å². The van der Waals surface area contributed by atoms with Gasteiger partial charge in [-0.1, -0.05) is 47.6 Å². The number of rotatable bonds is 3. The van der Waals surface area contributed by atoms with Gasteiger partial charge in [-0.25, -0.2) is 0 Å². The number of hydrogen-bond acceptors (Lipinski definition) is 2. The summed E-state index contributed by atoms with van der Waals surface area (Å²) in [6.07, 6.45) is 1.86. The summed E-state index contributed by atoms with van der Waals surface area (Å²) in [7, 11) is -0.663. The summed E-state index contributed by atoms with van der Waals surface area (Å²) in [5.41, 5.74) is 1.13. The van der Waals surface area contributed by atoms with Crippen LogP contribution in [0.25, 0.3) is 0 Å². The Morgan fingerprint density at radius 1 is 1.06 bits per heavy atom. The van der Waals surface area contributed by atoms with E-state index in [1.54, 1.807) is 0 Å². The molecule has 0 atom stereocenters. The van der Waals surface area contributed by atoms with E-state index >= 15 is 0 Å². The molecule has 1 rings (SSSR count). The fourth-order valence-corrected chi connectivity index (χ4v) is 6.01. The third-order valence-electron chi connectivity index (χ3n) is 2.67. The van der Waals surface area contributed by atoms with Gasteiger partial charge in [0.2, 0.25) is 0 Å². The van der Waals surface area contributed by atoms with Crippen LogP contribution < -0.4 is 4.98 Å². The monoisotopic (exact) mass is 249 g/mol. The van der Waals surface area contributed by atoms with E-state index in [9.17, 15) is 0 Å². The number of nitrogens with one attached hydrogen (secondary N) is 1. The van der Waals surface area contributed by atoms with Crippen molar-refractivity contribution in [2.24, 2.45) is 0 Å². The zero-order valence-corrected chi connectivity index (χ0v) is 13.0. The molecule has 0 spiro atoms. The van der Waals surface area contributed by atoms with Crippen molar-refractivity contribution >= 4 is 8.96 Å². The van der Waals surface area contributed by atoms with E-state index in [1.807, 2.05) is 18.3 Å². The van der Waals surface area contributed by atoms with Crippen LogP contribution in [-0.2, 0) is 6.54 Å². The van der Waals surface area contributed by atoms with E-state index < -0.39 is 8.96 Å². The third-order valence-corrected chi connectivity index (χ3v) is 6.20. The summed E-state index contributed by atoms with van der Waals surface area (Å²) < 4.78 is 0. The van der Waals surface area contributed by atoms with Gasteiger partial charge < -0.3 is 4.98 Å². The molecule has 2 nitrogen and oxygen atoms in total. The molecule has 0 unspecified atom stereocenters. The van der Waals surface area contributed by atoms with Gasteiger partial charge in [0.15, 0.2) is 0 Å². The molecule has 3 heteroatoms. The Labute approximate surface area is 108 Å². The largest absolute Gasteiger partial charge is 0.332 e. The lowest BCUT2D eigenvalue weighted by Crippen LogP contribution is -2.48. The predicted octanol–water partition coefficient (Wildman–Crippen LogP) is 3.76. The summed E-state index contributed by atoms with van der Waals surface area (Å²) in [5, 5.41) is 0.690. The van der Waals surface area contributed by atoms with Gasteiger partial charge in [0.25, 0.3) is 0 Å². The molecule has 0 bridgehead atoms. The first-order chi connectivity index (χ1) is 7.71. The SMILES string of the molecule is CC(C)(C)[Si](NCc1ccccn1)C(C)(C)C. The first kappa shape index (κ1) is 14.4. The molecule has 0 saturated heterocycles. The van der Waals surface area contributed by atoms with Crippen molar-refractivity contribution < 1.29 is 0 Å². The highest BCUT2D eigenvalue weighted by atomic mass is 28.3. The molecular formula is C14H25N2Si. The first-order valence-corrected chi connectivity index (χ1v) is 7.73. The highest BCUT2D eigenvalue weighted by Gasteiger charge is 2.37. The Balaban J connectivity index is 2.70. The van der Waals surface area contributed by atoms with Gasteiger partial charge in [-0.15, -0.1) is 0 Å². The Morgan fingerprint density at radius 2 is 1.65 bits per heavy atom. The van der Waals surface area contributed by atoms with Gasteiger partial charge in [0.1, 0.15) is 8.96 Å². The lowest BCUT2D eigenvalue weighted by molar-refractivity contribution is 0.609. The minimum absolute atomic E-state index is 0.345. The second-order valence-electron chi connectivity index (χ2n) is 6.55. The van der Waals surface area contributed by atoms with Gasteiger partial charge in [-0.2, -0.15) is 0 Å². The third kappa shape index (κ3) is 4.60. The van der Waals surface area contributed by atoms with Crippen molar-refractivity contribution in [1.82, 2.24) is 9.97 Å². The molecule has 0 aliphatic heterocycles. The number of pyridine rings is 1. The van der Waals surface area contributed by atoms with Gasteiger partial charge in [-0.05, 0) is 22.2 Å². The number of aromatic nitrogens is 1. The molecule has 1 radical (unpaired) electrons. The zero-order chi connectivity index (χ0) is 13.1. The maximum atomic E-state index is 4.37. The lowest BCUT2D eigenvalue weighted by Gasteiger charge is -2.39. The maximum absolute atomic E-state index is 4.37. The highest BCUT2D eigenvalue weighted by Crippen LogP contribution is 2.40. The standard InChI is InChI=1S/C14H25N2Si/c1-13(2,3)17(14(4,5)6)16-11-12-9-7-8-10-15-12/h7-10,16H,11H2,1-6H3. The second-order valence-corrected chi connectivity index (χ2v) is 10.7. The molecule has 17 heavy (non-hydrogen) atoms. The van der Waals surface area contributed by atoms with Gasteiger partial charge in [0.05, 0.1) is 5.69 Å². The summed E-state index contributed by atoms with van der Waals surface area (Å²) in [5.74, 6) is 0. The van der Waals surface area contributed by atoms with Crippen molar-refractivity contribution in [3.63, 3.8) is 0 Å². The summed E-state index contributed by atoms with van der Waals surface area (Å²) in [6, 6.07) is 6.09. The zero-order valence-electron chi connectivity index (χ0n) is 12.0. The Kier molecular flexibility index (Phi) is 4.50. The van der Waals surface area contributed by atoms with E-state index in [2.05, 4.69) is 57.6 Å². The van der Waals surface area contributed by atoms with E-state index in [4.69, 9.17) is 0 Å². The highest BCUT2D eigenvalue weighted by molar-refractivity contribution is 6.62. The van der Waals surface area contributed by atoms with E-state index in [-0.39, 0.29) is 0 Å². The molecule has 0 amide bonds. The van der Waals surface area contributed by atoms with E-state index in [0.29, 0.717) is 10.1 Å². The minimum atomic E-state index is -0.663. The molecule has 1 N–H and O–H groups in total. The minimum Gasteiger partial charge on any atom is -0.332 e. The van der Waals surface area contributed by atoms with Crippen LogP contribution in [0.4, 0.5) is 0 Å². The van der Waals surface area contributed by atoms with Crippen LogP contribution in [0, 0.1) is 0 Å². The summed E-state index contributed by atoms with van der Waals surface area (Å²) in [6.45, 7) is 14.9. The Bertz CT molecular complexity index is 321. The molecule has 1 heterocycles. The predicted molar refractivity (Wildman–Crippen MR) is 76.3 cm³/mol. The molecule has 95 valence electrons. The van der Waals surface area contributed by atoms with Crippen molar-refractivity contribution in [2.75, 3.05) is 0 Å². The average molecular weight is 249 g/mol. The topological polar surface area (TPSA) is 24.9 Å². The number of hydrogen-bond donors (Lipinski definition) is 1. The van der Waals surface area contributed by atoms with Crippen LogP contribution in [0.2, 0.25) is 10.1 Å². The molecule has 0 aliphatic rings. The van der Waals surface area contributed by atoms with E-state index in [0.717, 1.165) is 12.2 Å². The van der Waals surface area contributed by atoms with Gasteiger partial charge >= 0.3 is 0 Å². The van der Waals surface area contributed by atoms with Crippen LogP contribution in [0.3, 0.4) is 0 Å². The van der Waals surface area contributed by atoms with Crippen molar-refractivity contribution in [3.8, 4) is 0 Å². The summed E-state index contributed by atoms with van der Waals surface area (Å²) >= 11 is 0. The van der Waals surface area contributed by atoms with Crippen molar-refractivity contribution in [2.45, 2.75) is 58.2 Å². The first-order valence-electron chi connectivity index (χ1n) is 6.23. The van der Waals surface area contributed by atoms with Crippen LogP contribution in [0.5, 0.6) is 0 Å². The van der Waals surface area contributed by atoms with Gasteiger partial charge in [0, 0.05) is 12.7 Å². The Hall–Kier alpha value is -0.673. The van der Waals surface area contributed by atoms with Crippen LogP contribution in [0.15, 0.2) is 24.4 Å². The summed E-state index contributed by atoms with van der Waals surface area (Å²) in [4.78, 5) is 8.12. The molecular weight excluding hydrogens is 224 g/mol. The van der Waals surface area contributed by atoms with Crippen molar-refractivity contribution in [1.29, 1.82) is 0 Å². The molecule has 0 aliphatic carbocycles. The lowest BCUT2D eigenvalue weighted by atomic mass is 10.2. The van der Waals surface area contributed by atoms with Crippen LogP contribution in [0.1, 0.15) is 47.2 Å². The fraction of sp³-hybridized carbons (Fsp3) is 0.643. The maximum Gasteiger partial charge on any atom is 0.145 e. The normalized spacial score (nSPS) is 13.1. The molecule has 0 fully saturated rings. The quantitative estimate of drug-likeness (QED) is 0.825. The molecule has 1 aromatic heterocycles. The molecule has 1 aromatic rings. The number of nitrogens with zero attached hydrogens (tertiary/aromatic N) is 1. The average Bonchev–Trinajstić information content (AvgIpc) is 2.15. The second kappa shape index (κ2) is 5.32. The smallest absolute Gasteiger partial charge is 0.145 e.